The fourth-order valence-electron chi connectivity index (χ4n) is 3.18. The number of benzene rings is 1. The Morgan fingerprint density at radius 2 is 1.73 bits per heavy atom. The molecule has 1 aliphatic heterocycles. The molecule has 0 radical (unpaired) electrons. The van der Waals surface area contributed by atoms with Gasteiger partial charge in [-0.3, -0.25) is 23.9 Å². The summed E-state index contributed by atoms with van der Waals surface area (Å²) in [6.07, 6.45) is 2.92. The van der Waals surface area contributed by atoms with Gasteiger partial charge in [0.1, 0.15) is 4.83 Å². The van der Waals surface area contributed by atoms with Gasteiger partial charge in [-0.2, -0.15) is 0 Å². The highest BCUT2D eigenvalue weighted by molar-refractivity contribution is 7.18. The van der Waals surface area contributed by atoms with Gasteiger partial charge in [0, 0.05) is 18.0 Å². The van der Waals surface area contributed by atoms with E-state index in [1.165, 1.54) is 16.2 Å². The highest BCUT2D eigenvalue weighted by Gasteiger charge is 2.34. The van der Waals surface area contributed by atoms with Gasteiger partial charge in [0.15, 0.2) is 0 Å². The largest absolute Gasteiger partial charge is 0.299 e. The van der Waals surface area contributed by atoms with Gasteiger partial charge >= 0.3 is 0 Å². The van der Waals surface area contributed by atoms with Crippen LogP contribution in [-0.4, -0.2) is 32.8 Å². The SMILES string of the molecule is CCc1cc2c(=O)n(CCCN3C(=O)c4ccccc4C3=O)cnc2s1. The normalized spacial score (nSPS) is 13.7. The molecular weight excluding hydrogens is 350 g/mol. The zero-order chi connectivity index (χ0) is 18.3. The predicted octanol–water partition coefficient (Wildman–Crippen LogP) is 2.71. The Labute approximate surface area is 153 Å². The van der Waals surface area contributed by atoms with E-state index >= 15 is 0 Å². The predicted molar refractivity (Wildman–Crippen MR) is 99.7 cm³/mol. The first-order valence-electron chi connectivity index (χ1n) is 8.53. The summed E-state index contributed by atoms with van der Waals surface area (Å²) in [6, 6.07) is 8.73. The maximum atomic E-state index is 12.6. The van der Waals surface area contributed by atoms with E-state index in [0.717, 1.165) is 16.1 Å². The number of aryl methyl sites for hydroxylation is 2. The van der Waals surface area contributed by atoms with E-state index in [1.54, 1.807) is 35.2 Å². The molecule has 1 aliphatic rings. The number of imide groups is 1. The van der Waals surface area contributed by atoms with Gasteiger partial charge in [0.25, 0.3) is 17.4 Å². The van der Waals surface area contributed by atoms with Gasteiger partial charge in [0.2, 0.25) is 0 Å². The molecule has 3 aromatic rings. The molecule has 0 aliphatic carbocycles. The molecular formula is C19H17N3O3S. The average molecular weight is 367 g/mol. The molecule has 0 fully saturated rings. The third-order valence-corrected chi connectivity index (χ3v) is 5.76. The molecule has 0 N–H and O–H groups in total. The maximum Gasteiger partial charge on any atom is 0.262 e. The fourth-order valence-corrected chi connectivity index (χ4v) is 4.11. The van der Waals surface area contributed by atoms with Crippen molar-refractivity contribution in [1.29, 1.82) is 0 Å². The summed E-state index contributed by atoms with van der Waals surface area (Å²) in [6.45, 7) is 2.73. The number of hydrogen-bond donors (Lipinski definition) is 0. The van der Waals surface area contributed by atoms with Crippen molar-refractivity contribution in [1.82, 2.24) is 14.5 Å². The monoisotopic (exact) mass is 367 g/mol. The number of rotatable bonds is 5. The summed E-state index contributed by atoms with van der Waals surface area (Å²) in [5.41, 5.74) is 0.819. The summed E-state index contributed by atoms with van der Waals surface area (Å²) >= 11 is 1.54. The number of hydrogen-bond acceptors (Lipinski definition) is 5. The number of carbonyl (C=O) groups excluding carboxylic acids is 2. The van der Waals surface area contributed by atoms with Crippen LogP contribution in [0.4, 0.5) is 0 Å². The quantitative estimate of drug-likeness (QED) is 0.650. The van der Waals surface area contributed by atoms with E-state index in [1.807, 2.05) is 13.0 Å². The molecule has 26 heavy (non-hydrogen) atoms. The number of fused-ring (bicyclic) bond motifs is 2. The van der Waals surface area contributed by atoms with E-state index < -0.39 is 0 Å². The lowest BCUT2D eigenvalue weighted by atomic mass is 10.1. The van der Waals surface area contributed by atoms with Crippen molar-refractivity contribution in [3.63, 3.8) is 0 Å². The molecule has 7 heteroatoms. The maximum absolute atomic E-state index is 12.6. The third kappa shape index (κ3) is 2.64. The fraction of sp³-hybridized carbons (Fsp3) is 0.263. The smallest absolute Gasteiger partial charge is 0.262 e. The van der Waals surface area contributed by atoms with Crippen molar-refractivity contribution < 1.29 is 9.59 Å². The molecule has 2 aromatic heterocycles. The lowest BCUT2D eigenvalue weighted by molar-refractivity contribution is 0.0650. The molecule has 0 saturated carbocycles. The van der Waals surface area contributed by atoms with Crippen LogP contribution in [0.1, 0.15) is 38.9 Å². The number of thiophene rings is 1. The van der Waals surface area contributed by atoms with Crippen LogP contribution >= 0.6 is 11.3 Å². The molecule has 132 valence electrons. The second kappa shape index (κ2) is 6.49. The molecule has 0 unspecified atom stereocenters. The highest BCUT2D eigenvalue weighted by atomic mass is 32.1. The number of amides is 2. The average Bonchev–Trinajstić information content (AvgIpc) is 3.19. The summed E-state index contributed by atoms with van der Waals surface area (Å²) in [4.78, 5) is 44.8. The minimum absolute atomic E-state index is 0.0756. The zero-order valence-corrected chi connectivity index (χ0v) is 15.1. The Kier molecular flexibility index (Phi) is 4.16. The van der Waals surface area contributed by atoms with Crippen molar-refractivity contribution >= 4 is 33.4 Å². The van der Waals surface area contributed by atoms with Gasteiger partial charge in [-0.25, -0.2) is 4.98 Å². The standard InChI is InChI=1S/C19H17N3O3S/c1-2-12-10-15-16(26-12)20-11-21(17(15)23)8-5-9-22-18(24)13-6-3-4-7-14(13)19(22)25/h3-4,6-7,10-11H,2,5,8-9H2,1H3. The number of carbonyl (C=O) groups is 2. The van der Waals surface area contributed by atoms with E-state index in [0.29, 0.717) is 29.5 Å². The number of aromatic nitrogens is 2. The Morgan fingerprint density at radius 1 is 1.04 bits per heavy atom. The van der Waals surface area contributed by atoms with Crippen LogP contribution in [0, 0.1) is 0 Å². The Bertz CT molecular complexity index is 1050. The van der Waals surface area contributed by atoms with Gasteiger partial charge in [-0.1, -0.05) is 19.1 Å². The first-order valence-corrected chi connectivity index (χ1v) is 9.35. The molecule has 0 spiro atoms. The Balaban J connectivity index is 1.48. The molecule has 2 amide bonds. The van der Waals surface area contributed by atoms with Crippen LogP contribution in [0.15, 0.2) is 41.5 Å². The number of nitrogens with zero attached hydrogens (tertiary/aromatic N) is 3. The minimum atomic E-state index is -0.267. The molecule has 3 heterocycles. The first kappa shape index (κ1) is 16.7. The lowest BCUT2D eigenvalue weighted by Crippen LogP contribution is -2.32. The van der Waals surface area contributed by atoms with Gasteiger partial charge in [-0.15, -0.1) is 11.3 Å². The van der Waals surface area contributed by atoms with Crippen molar-refractivity contribution in [2.45, 2.75) is 26.3 Å². The second-order valence-corrected chi connectivity index (χ2v) is 7.30. The molecule has 4 rings (SSSR count). The van der Waals surface area contributed by atoms with E-state index in [2.05, 4.69) is 4.98 Å². The van der Waals surface area contributed by atoms with Crippen LogP contribution in [0.25, 0.3) is 10.2 Å². The van der Waals surface area contributed by atoms with Crippen molar-refractivity contribution in [2.75, 3.05) is 6.54 Å². The Morgan fingerprint density at radius 3 is 2.38 bits per heavy atom. The van der Waals surface area contributed by atoms with Crippen LogP contribution in [0.5, 0.6) is 0 Å². The zero-order valence-electron chi connectivity index (χ0n) is 14.3. The lowest BCUT2D eigenvalue weighted by Gasteiger charge is -2.14. The second-order valence-electron chi connectivity index (χ2n) is 6.19. The molecule has 0 atom stereocenters. The first-order chi connectivity index (χ1) is 12.6. The van der Waals surface area contributed by atoms with Gasteiger partial charge < -0.3 is 0 Å². The summed E-state index contributed by atoms with van der Waals surface area (Å²) in [5.74, 6) is -0.533. The van der Waals surface area contributed by atoms with Crippen molar-refractivity contribution in [3.8, 4) is 0 Å². The highest BCUT2D eigenvalue weighted by Crippen LogP contribution is 2.23. The van der Waals surface area contributed by atoms with E-state index in [4.69, 9.17) is 0 Å². The van der Waals surface area contributed by atoms with Crippen molar-refractivity contribution in [3.05, 3.63) is 63.0 Å². The van der Waals surface area contributed by atoms with Gasteiger partial charge in [0.05, 0.1) is 22.8 Å². The molecule has 6 nitrogen and oxygen atoms in total. The minimum Gasteiger partial charge on any atom is -0.299 e. The van der Waals surface area contributed by atoms with E-state index in [9.17, 15) is 14.4 Å². The summed E-state index contributed by atoms with van der Waals surface area (Å²) < 4.78 is 1.55. The molecule has 0 bridgehead atoms. The molecule has 1 aromatic carbocycles. The topological polar surface area (TPSA) is 72.3 Å². The van der Waals surface area contributed by atoms with Crippen molar-refractivity contribution in [2.24, 2.45) is 0 Å². The Hall–Kier alpha value is -2.80. The third-order valence-electron chi connectivity index (χ3n) is 4.58. The van der Waals surface area contributed by atoms with Gasteiger partial charge in [-0.05, 0) is 31.0 Å². The van der Waals surface area contributed by atoms with Crippen LogP contribution in [0.3, 0.4) is 0 Å². The van der Waals surface area contributed by atoms with E-state index in [-0.39, 0.29) is 23.9 Å². The summed E-state index contributed by atoms with van der Waals surface area (Å²) in [7, 11) is 0. The molecule has 0 saturated heterocycles. The van der Waals surface area contributed by atoms with Crippen LogP contribution in [0.2, 0.25) is 0 Å². The van der Waals surface area contributed by atoms with Crippen LogP contribution < -0.4 is 5.56 Å². The summed E-state index contributed by atoms with van der Waals surface area (Å²) in [5, 5.41) is 0.634. The van der Waals surface area contributed by atoms with Crippen LogP contribution in [-0.2, 0) is 13.0 Å².